The van der Waals surface area contributed by atoms with E-state index in [-0.39, 0.29) is 5.69 Å². The minimum atomic E-state index is 0.0425. The molecule has 0 amide bonds. The van der Waals surface area contributed by atoms with Gasteiger partial charge in [-0.25, -0.2) is 4.79 Å². The van der Waals surface area contributed by atoms with E-state index in [4.69, 9.17) is 0 Å². The Labute approximate surface area is 83.5 Å². The maximum atomic E-state index is 11.5. The van der Waals surface area contributed by atoms with Crippen molar-refractivity contribution in [2.45, 2.75) is 39.9 Å². The summed E-state index contributed by atoms with van der Waals surface area (Å²) in [6.45, 7) is 9.03. The van der Waals surface area contributed by atoms with Crippen LogP contribution in [0.15, 0.2) is 4.79 Å². The lowest BCUT2D eigenvalue weighted by atomic mass is 10.2. The van der Waals surface area contributed by atoms with Crippen molar-refractivity contribution in [3.63, 3.8) is 0 Å². The first-order valence-corrected chi connectivity index (χ1v) is 5.12. The highest BCUT2D eigenvalue weighted by molar-refractivity contribution is 5.13. The fourth-order valence-corrected chi connectivity index (χ4v) is 2.01. The Morgan fingerprint density at radius 1 is 1.36 bits per heavy atom. The Hall–Kier alpha value is -1.03. The highest BCUT2D eigenvalue weighted by atomic mass is 16.1. The van der Waals surface area contributed by atoms with Gasteiger partial charge in [0.15, 0.2) is 0 Å². The predicted octanol–water partition coefficient (Wildman–Crippen LogP) is 0.709. The summed E-state index contributed by atoms with van der Waals surface area (Å²) in [5.41, 5.74) is 2.20. The van der Waals surface area contributed by atoms with Crippen molar-refractivity contribution in [3.05, 3.63) is 21.9 Å². The molecule has 0 spiro atoms. The number of hydrogen-bond donors (Lipinski definition) is 1. The second kappa shape index (κ2) is 3.28. The highest BCUT2D eigenvalue weighted by Gasteiger charge is 2.21. The van der Waals surface area contributed by atoms with Gasteiger partial charge in [-0.15, -0.1) is 0 Å². The fraction of sp³-hybridized carbons (Fsp3) is 0.700. The smallest absolute Gasteiger partial charge is 0.310 e. The average molecular weight is 195 g/mol. The minimum absolute atomic E-state index is 0.0425. The van der Waals surface area contributed by atoms with Gasteiger partial charge in [0.1, 0.15) is 0 Å². The topological polar surface area (TPSA) is 41.0 Å². The summed E-state index contributed by atoms with van der Waals surface area (Å²) in [7, 11) is 0. The Bertz CT molecular complexity index is 389. The third kappa shape index (κ3) is 1.39. The lowest BCUT2D eigenvalue weighted by Gasteiger charge is -2.31. The van der Waals surface area contributed by atoms with E-state index in [1.165, 1.54) is 0 Å². The normalized spacial score (nSPS) is 17.4. The zero-order valence-corrected chi connectivity index (χ0v) is 9.00. The van der Waals surface area contributed by atoms with Crippen LogP contribution in [0.1, 0.15) is 25.2 Å². The van der Waals surface area contributed by atoms with Gasteiger partial charge in [0.25, 0.3) is 0 Å². The molecular weight excluding hydrogens is 178 g/mol. The summed E-state index contributed by atoms with van der Waals surface area (Å²) >= 11 is 0. The van der Waals surface area contributed by atoms with Gasteiger partial charge in [0, 0.05) is 31.4 Å². The molecule has 1 N–H and O–H groups in total. The lowest BCUT2D eigenvalue weighted by Crippen LogP contribution is -2.40. The van der Waals surface area contributed by atoms with Crippen LogP contribution in [0, 0.1) is 6.92 Å². The molecule has 0 fully saturated rings. The van der Waals surface area contributed by atoms with Gasteiger partial charge in [0.2, 0.25) is 0 Å². The molecule has 2 heterocycles. The average Bonchev–Trinajstić information content (AvgIpc) is 2.42. The molecular formula is C10H17N3O. The molecule has 4 nitrogen and oxygen atoms in total. The molecule has 0 atom stereocenters. The summed E-state index contributed by atoms with van der Waals surface area (Å²) < 4.78 is 1.86. The minimum Gasteiger partial charge on any atom is -0.310 e. The molecule has 1 aromatic rings. The van der Waals surface area contributed by atoms with Gasteiger partial charge in [-0.2, -0.15) is 0 Å². The van der Waals surface area contributed by atoms with E-state index < -0.39 is 0 Å². The van der Waals surface area contributed by atoms with Crippen LogP contribution in [0.3, 0.4) is 0 Å². The van der Waals surface area contributed by atoms with Crippen molar-refractivity contribution in [2.75, 3.05) is 6.54 Å². The van der Waals surface area contributed by atoms with Crippen molar-refractivity contribution in [1.82, 2.24) is 14.5 Å². The SMILES string of the molecule is Cc1[nH]c(=O)n2c1CN(C(C)C)CC2. The largest absolute Gasteiger partial charge is 0.326 e. The Morgan fingerprint density at radius 3 is 2.71 bits per heavy atom. The van der Waals surface area contributed by atoms with E-state index in [0.717, 1.165) is 31.0 Å². The van der Waals surface area contributed by atoms with E-state index >= 15 is 0 Å². The molecule has 78 valence electrons. The van der Waals surface area contributed by atoms with Crippen molar-refractivity contribution < 1.29 is 0 Å². The first kappa shape index (κ1) is 9.52. The predicted molar refractivity (Wildman–Crippen MR) is 55.3 cm³/mol. The van der Waals surface area contributed by atoms with Crippen LogP contribution in [0.4, 0.5) is 0 Å². The van der Waals surface area contributed by atoms with Crippen molar-refractivity contribution in [2.24, 2.45) is 0 Å². The lowest BCUT2D eigenvalue weighted by molar-refractivity contribution is 0.175. The number of aromatic nitrogens is 2. The van der Waals surface area contributed by atoms with Crippen LogP contribution in [-0.4, -0.2) is 27.0 Å². The van der Waals surface area contributed by atoms with Crippen LogP contribution in [0.2, 0.25) is 0 Å². The van der Waals surface area contributed by atoms with Gasteiger partial charge in [-0.05, 0) is 20.8 Å². The number of nitrogens with one attached hydrogen (secondary N) is 1. The molecule has 1 aliphatic rings. The number of rotatable bonds is 1. The molecule has 0 bridgehead atoms. The molecule has 0 saturated heterocycles. The maximum absolute atomic E-state index is 11.5. The number of hydrogen-bond acceptors (Lipinski definition) is 2. The third-order valence-corrected chi connectivity index (χ3v) is 2.99. The van der Waals surface area contributed by atoms with Crippen LogP contribution in [-0.2, 0) is 13.1 Å². The fourth-order valence-electron chi connectivity index (χ4n) is 2.01. The molecule has 0 radical (unpaired) electrons. The van der Waals surface area contributed by atoms with E-state index in [2.05, 4.69) is 23.7 Å². The number of fused-ring (bicyclic) bond motifs is 1. The van der Waals surface area contributed by atoms with Gasteiger partial charge in [0.05, 0.1) is 5.69 Å². The molecule has 0 aliphatic carbocycles. The van der Waals surface area contributed by atoms with Gasteiger partial charge in [-0.3, -0.25) is 9.47 Å². The van der Waals surface area contributed by atoms with Crippen LogP contribution in [0.5, 0.6) is 0 Å². The van der Waals surface area contributed by atoms with Crippen LogP contribution < -0.4 is 5.69 Å². The summed E-state index contributed by atoms with van der Waals surface area (Å²) in [6, 6.07) is 0.549. The molecule has 14 heavy (non-hydrogen) atoms. The number of imidazole rings is 1. The summed E-state index contributed by atoms with van der Waals surface area (Å²) in [5, 5.41) is 0. The first-order chi connectivity index (χ1) is 6.59. The molecule has 0 aromatic carbocycles. The van der Waals surface area contributed by atoms with E-state index in [1.54, 1.807) is 0 Å². The maximum Gasteiger partial charge on any atom is 0.326 e. The van der Waals surface area contributed by atoms with Crippen molar-refractivity contribution >= 4 is 0 Å². The molecule has 0 unspecified atom stereocenters. The van der Waals surface area contributed by atoms with Crippen LogP contribution in [0.25, 0.3) is 0 Å². The summed E-state index contributed by atoms with van der Waals surface area (Å²) in [5.74, 6) is 0. The quantitative estimate of drug-likeness (QED) is 0.717. The number of nitrogens with zero attached hydrogens (tertiary/aromatic N) is 2. The Morgan fingerprint density at radius 2 is 2.07 bits per heavy atom. The van der Waals surface area contributed by atoms with E-state index in [0.29, 0.717) is 6.04 Å². The standard InChI is InChI=1S/C10H17N3O/c1-7(2)12-4-5-13-9(6-12)8(3)11-10(13)14/h7H,4-6H2,1-3H3,(H,11,14). The highest BCUT2D eigenvalue weighted by Crippen LogP contribution is 2.14. The van der Waals surface area contributed by atoms with E-state index in [1.807, 2.05) is 11.5 Å². The van der Waals surface area contributed by atoms with Crippen molar-refractivity contribution in [3.8, 4) is 0 Å². The number of aryl methyl sites for hydroxylation is 1. The monoisotopic (exact) mass is 195 g/mol. The summed E-state index contributed by atoms with van der Waals surface area (Å²) in [4.78, 5) is 16.7. The molecule has 4 heteroatoms. The molecule has 2 rings (SSSR count). The number of aromatic amines is 1. The first-order valence-electron chi connectivity index (χ1n) is 5.12. The second-order valence-electron chi connectivity index (χ2n) is 4.22. The molecule has 1 aromatic heterocycles. The second-order valence-corrected chi connectivity index (χ2v) is 4.22. The zero-order chi connectivity index (χ0) is 10.3. The van der Waals surface area contributed by atoms with E-state index in [9.17, 15) is 4.79 Å². The molecule has 0 saturated carbocycles. The summed E-state index contributed by atoms with van der Waals surface area (Å²) in [6.07, 6.45) is 0. The van der Waals surface area contributed by atoms with Crippen molar-refractivity contribution in [1.29, 1.82) is 0 Å². The van der Waals surface area contributed by atoms with Gasteiger partial charge >= 0.3 is 5.69 Å². The third-order valence-electron chi connectivity index (χ3n) is 2.99. The van der Waals surface area contributed by atoms with Gasteiger partial charge in [-0.1, -0.05) is 0 Å². The Balaban J connectivity index is 2.34. The zero-order valence-electron chi connectivity index (χ0n) is 9.00. The van der Waals surface area contributed by atoms with Crippen LogP contribution >= 0.6 is 0 Å². The Kier molecular flexibility index (Phi) is 2.23. The molecule has 1 aliphatic heterocycles. The van der Waals surface area contributed by atoms with Gasteiger partial charge < -0.3 is 4.98 Å². The number of H-pyrrole nitrogens is 1.